The Kier molecular flexibility index (Phi) is 6.28. The van der Waals surface area contributed by atoms with Gasteiger partial charge in [0.1, 0.15) is 0 Å². The summed E-state index contributed by atoms with van der Waals surface area (Å²) in [7, 11) is -3.52. The molecule has 1 fully saturated rings. The topological polar surface area (TPSA) is 75.7 Å². The number of halogens is 1. The van der Waals surface area contributed by atoms with Gasteiger partial charge < -0.3 is 10.1 Å². The first-order valence-corrected chi connectivity index (χ1v) is 10.2. The van der Waals surface area contributed by atoms with Crippen LogP contribution in [0.3, 0.4) is 0 Å². The van der Waals surface area contributed by atoms with E-state index < -0.39 is 10.0 Å². The van der Waals surface area contributed by atoms with E-state index in [9.17, 15) is 13.2 Å². The van der Waals surface area contributed by atoms with Crippen molar-refractivity contribution >= 4 is 39.3 Å². The molecule has 0 aliphatic carbocycles. The van der Waals surface area contributed by atoms with Crippen LogP contribution in [0.15, 0.2) is 59.5 Å². The highest BCUT2D eigenvalue weighted by Crippen LogP contribution is 2.21. The third-order valence-corrected chi connectivity index (χ3v) is 6.29. The van der Waals surface area contributed by atoms with E-state index in [2.05, 4.69) is 5.32 Å². The Morgan fingerprint density at radius 1 is 1.07 bits per heavy atom. The predicted molar refractivity (Wildman–Crippen MR) is 105 cm³/mol. The quantitative estimate of drug-likeness (QED) is 0.774. The molecule has 2 aromatic carbocycles. The van der Waals surface area contributed by atoms with E-state index in [0.29, 0.717) is 42.6 Å². The number of ether oxygens (including phenoxy) is 1. The van der Waals surface area contributed by atoms with Gasteiger partial charge in [-0.15, -0.1) is 0 Å². The summed E-state index contributed by atoms with van der Waals surface area (Å²) in [6.45, 7) is 1.51. The van der Waals surface area contributed by atoms with Crippen LogP contribution >= 0.6 is 11.6 Å². The molecule has 1 saturated heterocycles. The minimum atomic E-state index is -3.52. The van der Waals surface area contributed by atoms with Crippen molar-refractivity contribution in [3.8, 4) is 0 Å². The summed E-state index contributed by atoms with van der Waals surface area (Å²) in [6.07, 6.45) is 2.98. The molecule has 2 aromatic rings. The summed E-state index contributed by atoms with van der Waals surface area (Å²) in [5.74, 6) is -0.326. The maximum Gasteiger partial charge on any atom is 0.248 e. The van der Waals surface area contributed by atoms with Gasteiger partial charge in [-0.05, 0) is 35.9 Å². The van der Waals surface area contributed by atoms with Crippen molar-refractivity contribution in [2.75, 3.05) is 31.6 Å². The molecule has 8 heteroatoms. The van der Waals surface area contributed by atoms with Gasteiger partial charge in [0.15, 0.2) is 0 Å². The highest BCUT2D eigenvalue weighted by atomic mass is 35.5. The molecule has 1 aliphatic heterocycles. The lowest BCUT2D eigenvalue weighted by molar-refractivity contribution is -0.111. The summed E-state index contributed by atoms with van der Waals surface area (Å²) in [4.78, 5) is 12.2. The average molecular weight is 407 g/mol. The van der Waals surface area contributed by atoms with Crippen molar-refractivity contribution in [3.63, 3.8) is 0 Å². The second kappa shape index (κ2) is 8.67. The zero-order valence-corrected chi connectivity index (χ0v) is 16.0. The lowest BCUT2D eigenvalue weighted by Crippen LogP contribution is -2.40. The van der Waals surface area contributed by atoms with Gasteiger partial charge in [0, 0.05) is 19.2 Å². The van der Waals surface area contributed by atoms with Crippen molar-refractivity contribution < 1.29 is 17.9 Å². The second-order valence-corrected chi connectivity index (χ2v) is 8.23. The lowest BCUT2D eigenvalue weighted by Gasteiger charge is -2.26. The Morgan fingerprint density at radius 3 is 2.41 bits per heavy atom. The first kappa shape index (κ1) is 19.6. The Morgan fingerprint density at radius 2 is 1.74 bits per heavy atom. The Hall–Kier alpha value is -2.19. The molecule has 0 atom stereocenters. The van der Waals surface area contributed by atoms with Gasteiger partial charge in [0.2, 0.25) is 15.9 Å². The third-order valence-electron chi connectivity index (χ3n) is 4.05. The minimum Gasteiger partial charge on any atom is -0.379 e. The molecule has 6 nitrogen and oxygen atoms in total. The van der Waals surface area contributed by atoms with Crippen LogP contribution in [0.25, 0.3) is 6.08 Å². The molecule has 1 amide bonds. The Labute approximate surface area is 163 Å². The summed E-state index contributed by atoms with van der Waals surface area (Å²) < 4.78 is 31.8. The maximum atomic E-state index is 12.6. The number of carbonyl (C=O) groups is 1. The Bertz CT molecular complexity index is 936. The minimum absolute atomic E-state index is 0.224. The molecule has 0 aromatic heterocycles. The number of hydrogen-bond acceptors (Lipinski definition) is 4. The average Bonchev–Trinajstić information content (AvgIpc) is 2.69. The van der Waals surface area contributed by atoms with E-state index in [1.54, 1.807) is 42.5 Å². The number of amides is 1. The van der Waals surface area contributed by atoms with Crippen LogP contribution in [0.2, 0.25) is 5.02 Å². The molecular formula is C19H19ClN2O4S. The molecule has 27 heavy (non-hydrogen) atoms. The molecule has 0 spiro atoms. The standard InChI is InChI=1S/C19H19ClN2O4S/c20-17-3-1-2-4-18(17)21-19(23)10-7-15-5-8-16(9-6-15)27(24,25)22-11-13-26-14-12-22/h1-10H,11-14H2,(H,21,23). The number of nitrogens with one attached hydrogen (secondary N) is 1. The lowest BCUT2D eigenvalue weighted by atomic mass is 10.2. The molecule has 0 saturated carbocycles. The first-order chi connectivity index (χ1) is 13.0. The van der Waals surface area contributed by atoms with E-state index in [0.717, 1.165) is 0 Å². The van der Waals surface area contributed by atoms with Crippen LogP contribution in [0.4, 0.5) is 5.69 Å². The third kappa shape index (κ3) is 4.95. The number of anilines is 1. The van der Waals surface area contributed by atoms with E-state index in [-0.39, 0.29) is 10.8 Å². The molecule has 1 N–H and O–H groups in total. The van der Waals surface area contributed by atoms with Crippen molar-refractivity contribution in [1.82, 2.24) is 4.31 Å². The van der Waals surface area contributed by atoms with Gasteiger partial charge in [-0.2, -0.15) is 4.31 Å². The van der Waals surface area contributed by atoms with Crippen molar-refractivity contribution in [2.24, 2.45) is 0 Å². The van der Waals surface area contributed by atoms with E-state index >= 15 is 0 Å². The molecule has 142 valence electrons. The maximum absolute atomic E-state index is 12.6. The van der Waals surface area contributed by atoms with Gasteiger partial charge in [-0.25, -0.2) is 8.42 Å². The fourth-order valence-electron chi connectivity index (χ4n) is 2.60. The zero-order chi connectivity index (χ0) is 19.3. The number of rotatable bonds is 5. The van der Waals surface area contributed by atoms with E-state index in [1.165, 1.54) is 22.5 Å². The van der Waals surface area contributed by atoms with E-state index in [1.807, 2.05) is 0 Å². The number of hydrogen-bond donors (Lipinski definition) is 1. The smallest absolute Gasteiger partial charge is 0.248 e. The summed E-state index contributed by atoms with van der Waals surface area (Å²) >= 11 is 6.00. The monoisotopic (exact) mass is 406 g/mol. The SMILES string of the molecule is O=C(C=Cc1ccc(S(=O)(=O)N2CCOCC2)cc1)Nc1ccccc1Cl. The molecule has 1 heterocycles. The summed E-state index contributed by atoms with van der Waals surface area (Å²) in [5, 5.41) is 3.14. The highest BCUT2D eigenvalue weighted by Gasteiger charge is 2.25. The Balaban J connectivity index is 1.65. The van der Waals surface area contributed by atoms with Gasteiger partial charge in [-0.1, -0.05) is 35.9 Å². The molecular weight excluding hydrogens is 388 g/mol. The van der Waals surface area contributed by atoms with Crippen LogP contribution < -0.4 is 5.32 Å². The number of morpholine rings is 1. The number of carbonyl (C=O) groups excluding carboxylic acids is 1. The van der Waals surface area contributed by atoms with Gasteiger partial charge >= 0.3 is 0 Å². The van der Waals surface area contributed by atoms with Crippen LogP contribution in [-0.4, -0.2) is 44.9 Å². The predicted octanol–water partition coefficient (Wildman–Crippen LogP) is 3.01. The van der Waals surface area contributed by atoms with Gasteiger partial charge in [0.25, 0.3) is 0 Å². The second-order valence-electron chi connectivity index (χ2n) is 5.89. The summed E-state index contributed by atoms with van der Waals surface area (Å²) in [5.41, 5.74) is 1.24. The molecule has 0 radical (unpaired) electrons. The molecule has 0 bridgehead atoms. The number of sulfonamides is 1. The summed E-state index contributed by atoms with van der Waals surface area (Å²) in [6, 6.07) is 13.3. The fourth-order valence-corrected chi connectivity index (χ4v) is 4.19. The number of nitrogens with zero attached hydrogens (tertiary/aromatic N) is 1. The van der Waals surface area contributed by atoms with Crippen LogP contribution in [0, 0.1) is 0 Å². The van der Waals surface area contributed by atoms with Crippen molar-refractivity contribution in [3.05, 3.63) is 65.2 Å². The fraction of sp³-hybridized carbons (Fsp3) is 0.211. The van der Waals surface area contributed by atoms with Crippen molar-refractivity contribution in [1.29, 1.82) is 0 Å². The van der Waals surface area contributed by atoms with E-state index in [4.69, 9.17) is 16.3 Å². The molecule has 0 unspecified atom stereocenters. The van der Waals surface area contributed by atoms with Gasteiger partial charge in [-0.3, -0.25) is 4.79 Å². The van der Waals surface area contributed by atoms with Crippen LogP contribution in [-0.2, 0) is 19.6 Å². The highest BCUT2D eigenvalue weighted by molar-refractivity contribution is 7.89. The number of benzene rings is 2. The van der Waals surface area contributed by atoms with Crippen LogP contribution in [0.5, 0.6) is 0 Å². The number of para-hydroxylation sites is 1. The van der Waals surface area contributed by atoms with Gasteiger partial charge in [0.05, 0.1) is 28.8 Å². The molecule has 3 rings (SSSR count). The first-order valence-electron chi connectivity index (χ1n) is 8.38. The van der Waals surface area contributed by atoms with Crippen molar-refractivity contribution in [2.45, 2.75) is 4.90 Å². The normalized spacial score (nSPS) is 15.7. The largest absolute Gasteiger partial charge is 0.379 e. The zero-order valence-electron chi connectivity index (χ0n) is 14.5. The van der Waals surface area contributed by atoms with Crippen LogP contribution in [0.1, 0.15) is 5.56 Å². The molecule has 1 aliphatic rings.